The highest BCUT2D eigenvalue weighted by Gasteiger charge is 2.52. The Bertz CT molecular complexity index is 788. The van der Waals surface area contributed by atoms with E-state index in [2.05, 4.69) is 15.3 Å². The summed E-state index contributed by atoms with van der Waals surface area (Å²) in [5.74, 6) is 0.327. The SMILES string of the molecule is COc1ncc(C=C(CNC(=O)OC(C)(C)C)B2OC(C)(C)C(C)(C)O2)c(OC)n1. The van der Waals surface area contributed by atoms with Crippen molar-refractivity contribution in [1.82, 2.24) is 15.3 Å². The van der Waals surface area contributed by atoms with Crippen LogP contribution in [0.2, 0.25) is 0 Å². The zero-order valence-corrected chi connectivity index (χ0v) is 19.3. The van der Waals surface area contributed by atoms with Gasteiger partial charge in [0.2, 0.25) is 5.88 Å². The monoisotopic (exact) mass is 421 g/mol. The molecule has 0 aromatic carbocycles. The number of ether oxygens (including phenoxy) is 3. The van der Waals surface area contributed by atoms with Crippen molar-refractivity contribution in [1.29, 1.82) is 0 Å². The number of hydrogen-bond acceptors (Lipinski definition) is 8. The molecule has 166 valence electrons. The quantitative estimate of drug-likeness (QED) is 0.700. The number of rotatable bonds is 6. The zero-order valence-electron chi connectivity index (χ0n) is 19.3. The van der Waals surface area contributed by atoms with Crippen LogP contribution in [0.25, 0.3) is 6.08 Å². The van der Waals surface area contributed by atoms with Crippen LogP contribution in [0.4, 0.5) is 4.79 Å². The normalized spacial score (nSPS) is 18.2. The number of alkyl carbamates (subject to hydrolysis) is 1. The Morgan fingerprint density at radius 3 is 2.27 bits per heavy atom. The van der Waals surface area contributed by atoms with Gasteiger partial charge in [0.15, 0.2) is 0 Å². The summed E-state index contributed by atoms with van der Waals surface area (Å²) in [6, 6.07) is 0.188. The molecule has 0 bridgehead atoms. The van der Waals surface area contributed by atoms with Gasteiger partial charge in [0.1, 0.15) is 5.60 Å². The molecule has 2 heterocycles. The predicted octanol–water partition coefficient (Wildman–Crippen LogP) is 3.03. The molecule has 1 N–H and O–H groups in total. The Morgan fingerprint density at radius 1 is 1.17 bits per heavy atom. The van der Waals surface area contributed by atoms with Gasteiger partial charge in [-0.25, -0.2) is 9.78 Å². The molecule has 2 rings (SSSR count). The molecule has 1 saturated heterocycles. The highest BCUT2D eigenvalue weighted by atomic mass is 16.7. The summed E-state index contributed by atoms with van der Waals surface area (Å²) in [5, 5.41) is 2.76. The first kappa shape index (κ1) is 23.9. The highest BCUT2D eigenvalue weighted by Crippen LogP contribution is 2.39. The molecule has 0 unspecified atom stereocenters. The van der Waals surface area contributed by atoms with Gasteiger partial charge in [-0.15, -0.1) is 0 Å². The number of aromatic nitrogens is 2. The van der Waals surface area contributed by atoms with Gasteiger partial charge in [0.05, 0.1) is 31.0 Å². The van der Waals surface area contributed by atoms with Crippen LogP contribution < -0.4 is 14.8 Å². The maximum atomic E-state index is 12.2. The van der Waals surface area contributed by atoms with Gasteiger partial charge in [-0.1, -0.05) is 6.08 Å². The van der Waals surface area contributed by atoms with Crippen LogP contribution >= 0.6 is 0 Å². The summed E-state index contributed by atoms with van der Waals surface area (Å²) in [6.07, 6.45) is 2.81. The number of carbonyl (C=O) groups is 1. The van der Waals surface area contributed by atoms with Gasteiger partial charge in [-0.05, 0) is 53.9 Å². The van der Waals surface area contributed by atoms with E-state index in [0.29, 0.717) is 16.9 Å². The van der Waals surface area contributed by atoms with E-state index in [1.54, 1.807) is 33.0 Å². The fourth-order valence-electron chi connectivity index (χ4n) is 2.61. The molecule has 1 aliphatic heterocycles. The Hall–Kier alpha value is -2.33. The lowest BCUT2D eigenvalue weighted by atomic mass is 9.77. The van der Waals surface area contributed by atoms with Gasteiger partial charge < -0.3 is 28.8 Å². The number of amides is 1. The summed E-state index contributed by atoms with van der Waals surface area (Å²) in [4.78, 5) is 20.5. The highest BCUT2D eigenvalue weighted by molar-refractivity contribution is 6.56. The van der Waals surface area contributed by atoms with E-state index < -0.39 is 30.0 Å². The number of nitrogens with zero attached hydrogens (tertiary/aromatic N) is 2. The summed E-state index contributed by atoms with van der Waals surface area (Å²) >= 11 is 0. The van der Waals surface area contributed by atoms with Gasteiger partial charge in [0, 0.05) is 12.7 Å². The second kappa shape index (κ2) is 8.81. The summed E-state index contributed by atoms with van der Waals surface area (Å²) in [7, 11) is 2.30. The summed E-state index contributed by atoms with van der Waals surface area (Å²) < 4.78 is 28.1. The molecule has 0 radical (unpaired) electrons. The van der Waals surface area contributed by atoms with Crippen LogP contribution in [-0.4, -0.2) is 60.7 Å². The van der Waals surface area contributed by atoms with Crippen molar-refractivity contribution >= 4 is 19.3 Å². The largest absolute Gasteiger partial charge is 0.492 e. The van der Waals surface area contributed by atoms with E-state index >= 15 is 0 Å². The zero-order chi connectivity index (χ0) is 22.7. The van der Waals surface area contributed by atoms with Crippen LogP contribution in [-0.2, 0) is 14.0 Å². The topological polar surface area (TPSA) is 101 Å². The van der Waals surface area contributed by atoms with Crippen molar-refractivity contribution in [3.05, 3.63) is 17.2 Å². The number of nitrogens with one attached hydrogen (secondary N) is 1. The van der Waals surface area contributed by atoms with Crippen LogP contribution in [0.5, 0.6) is 11.9 Å². The molecule has 1 aromatic heterocycles. The lowest BCUT2D eigenvalue weighted by molar-refractivity contribution is 0.00578. The predicted molar refractivity (Wildman–Crippen MR) is 113 cm³/mol. The minimum absolute atomic E-state index is 0.140. The lowest BCUT2D eigenvalue weighted by Gasteiger charge is -2.32. The number of methoxy groups -OCH3 is 2. The standard InChI is InChI=1S/C20H32BN3O6/c1-18(2,3)28-17(25)23-12-14(21-29-19(4,5)20(6,7)30-21)10-13-11-22-16(27-9)24-15(13)26-8/h10-11H,12H2,1-9H3,(H,23,25). The molecular weight excluding hydrogens is 389 g/mol. The molecule has 1 amide bonds. The van der Waals surface area contributed by atoms with E-state index in [4.69, 9.17) is 23.5 Å². The molecule has 1 aliphatic rings. The second-order valence-electron chi connectivity index (χ2n) is 8.98. The van der Waals surface area contributed by atoms with E-state index in [9.17, 15) is 4.79 Å². The van der Waals surface area contributed by atoms with Crippen molar-refractivity contribution < 1.29 is 28.3 Å². The molecule has 30 heavy (non-hydrogen) atoms. The van der Waals surface area contributed by atoms with Gasteiger partial charge in [0.25, 0.3) is 0 Å². The van der Waals surface area contributed by atoms with Gasteiger partial charge in [-0.2, -0.15) is 4.98 Å². The smallest absolute Gasteiger partial charge is 0.480 e. The molecule has 1 fully saturated rings. The number of hydrogen-bond donors (Lipinski definition) is 1. The minimum atomic E-state index is -0.684. The van der Waals surface area contributed by atoms with Crippen molar-refractivity contribution in [3.63, 3.8) is 0 Å². The summed E-state index contributed by atoms with van der Waals surface area (Å²) in [6.45, 7) is 13.4. The third-order valence-corrected chi connectivity index (χ3v) is 4.87. The van der Waals surface area contributed by atoms with Crippen LogP contribution in [0.15, 0.2) is 11.7 Å². The maximum Gasteiger partial charge on any atom is 0.492 e. The van der Waals surface area contributed by atoms with Gasteiger partial charge >= 0.3 is 19.2 Å². The Balaban J connectivity index is 2.34. The first-order valence-electron chi connectivity index (χ1n) is 9.76. The van der Waals surface area contributed by atoms with Crippen molar-refractivity contribution in [2.45, 2.75) is 65.3 Å². The third kappa shape index (κ3) is 5.85. The van der Waals surface area contributed by atoms with Crippen LogP contribution in [0.1, 0.15) is 54.0 Å². The van der Waals surface area contributed by atoms with E-state index in [-0.39, 0.29) is 12.6 Å². The molecule has 0 aliphatic carbocycles. The van der Waals surface area contributed by atoms with Crippen molar-refractivity contribution in [2.24, 2.45) is 0 Å². The number of carbonyl (C=O) groups excluding carboxylic acids is 1. The Kier molecular flexibility index (Phi) is 7.03. The first-order chi connectivity index (χ1) is 13.8. The Labute approximate surface area is 178 Å². The average Bonchev–Trinajstić information content (AvgIpc) is 2.84. The molecule has 0 spiro atoms. The molecule has 10 heteroatoms. The minimum Gasteiger partial charge on any atom is -0.480 e. The average molecular weight is 421 g/mol. The van der Waals surface area contributed by atoms with E-state index in [0.717, 1.165) is 0 Å². The Morgan fingerprint density at radius 2 is 1.77 bits per heavy atom. The van der Waals surface area contributed by atoms with E-state index in [1.165, 1.54) is 14.2 Å². The molecule has 1 aromatic rings. The summed E-state index contributed by atoms with van der Waals surface area (Å²) in [5.41, 5.74) is -0.432. The fraction of sp³-hybridized carbons (Fsp3) is 0.650. The fourth-order valence-corrected chi connectivity index (χ4v) is 2.61. The second-order valence-corrected chi connectivity index (χ2v) is 8.98. The lowest BCUT2D eigenvalue weighted by Crippen LogP contribution is -2.41. The van der Waals surface area contributed by atoms with E-state index in [1.807, 2.05) is 27.7 Å². The first-order valence-corrected chi connectivity index (χ1v) is 9.76. The molecule has 0 atom stereocenters. The molecule has 0 saturated carbocycles. The van der Waals surface area contributed by atoms with Crippen LogP contribution in [0.3, 0.4) is 0 Å². The maximum absolute atomic E-state index is 12.2. The molecular formula is C20H32BN3O6. The van der Waals surface area contributed by atoms with Crippen molar-refractivity contribution in [2.75, 3.05) is 20.8 Å². The molecule has 9 nitrogen and oxygen atoms in total. The van der Waals surface area contributed by atoms with Crippen molar-refractivity contribution in [3.8, 4) is 11.9 Å². The van der Waals surface area contributed by atoms with Crippen LogP contribution in [0, 0.1) is 0 Å². The van der Waals surface area contributed by atoms with Gasteiger partial charge in [-0.3, -0.25) is 0 Å². The third-order valence-electron chi connectivity index (χ3n) is 4.87.